The van der Waals surface area contributed by atoms with Crippen LogP contribution in [0.1, 0.15) is 43.1 Å². The minimum atomic E-state index is 0.324. The molecule has 0 spiro atoms. The van der Waals surface area contributed by atoms with Crippen LogP contribution >= 0.6 is 0 Å². The summed E-state index contributed by atoms with van der Waals surface area (Å²) in [7, 11) is 0. The third-order valence-electron chi connectivity index (χ3n) is 5.81. The molecule has 0 radical (unpaired) electrons. The van der Waals surface area contributed by atoms with Crippen LogP contribution in [-0.4, -0.2) is 51.7 Å². The van der Waals surface area contributed by atoms with Gasteiger partial charge in [-0.2, -0.15) is 5.10 Å². The number of hydrogen-bond acceptors (Lipinski definition) is 3. The molecular formula is C22H30N4O. The number of piperidine rings is 1. The van der Waals surface area contributed by atoms with Crippen molar-refractivity contribution in [3.63, 3.8) is 0 Å². The number of fused-ring (bicyclic) bond motifs is 1. The Morgan fingerprint density at radius 2 is 2.04 bits per heavy atom. The van der Waals surface area contributed by atoms with Gasteiger partial charge < -0.3 is 4.90 Å². The molecule has 1 fully saturated rings. The van der Waals surface area contributed by atoms with Gasteiger partial charge in [0.15, 0.2) is 0 Å². The normalized spacial score (nSPS) is 20.5. The molecule has 1 saturated heterocycles. The molecule has 0 aliphatic carbocycles. The quantitative estimate of drug-likeness (QED) is 0.817. The van der Waals surface area contributed by atoms with Crippen LogP contribution in [0.2, 0.25) is 0 Å². The van der Waals surface area contributed by atoms with E-state index in [0.717, 1.165) is 57.8 Å². The Kier molecular flexibility index (Phi) is 5.58. The Balaban J connectivity index is 1.30. The number of hydrogen-bond donors (Lipinski definition) is 0. The third kappa shape index (κ3) is 4.59. The van der Waals surface area contributed by atoms with Crippen LogP contribution in [0.4, 0.5) is 0 Å². The Labute approximate surface area is 162 Å². The molecule has 0 N–H and O–H groups in total. The Hall–Kier alpha value is -2.14. The minimum absolute atomic E-state index is 0.324. The number of nitrogens with zero attached hydrogens (tertiary/aromatic N) is 4. The van der Waals surface area contributed by atoms with E-state index in [4.69, 9.17) is 5.10 Å². The second kappa shape index (κ2) is 8.26. The van der Waals surface area contributed by atoms with E-state index >= 15 is 0 Å². The maximum absolute atomic E-state index is 12.5. The van der Waals surface area contributed by atoms with E-state index in [2.05, 4.69) is 51.7 Å². The molecule has 0 saturated carbocycles. The van der Waals surface area contributed by atoms with Crippen LogP contribution < -0.4 is 0 Å². The van der Waals surface area contributed by atoms with Gasteiger partial charge in [-0.15, -0.1) is 0 Å². The van der Waals surface area contributed by atoms with E-state index < -0.39 is 0 Å². The highest BCUT2D eigenvalue weighted by Crippen LogP contribution is 2.18. The van der Waals surface area contributed by atoms with Gasteiger partial charge in [0.05, 0.1) is 17.9 Å². The lowest BCUT2D eigenvalue weighted by Gasteiger charge is -2.32. The van der Waals surface area contributed by atoms with E-state index in [1.54, 1.807) is 0 Å². The average Bonchev–Trinajstić information content (AvgIpc) is 3.08. The fraction of sp³-hybridized carbons (Fsp3) is 0.545. The highest BCUT2D eigenvalue weighted by atomic mass is 16.2. The molecule has 2 aromatic rings. The highest BCUT2D eigenvalue weighted by molar-refractivity contribution is 5.76. The number of carbonyl (C=O) groups excluding carboxylic acids is 1. The number of carbonyl (C=O) groups is 1. The van der Waals surface area contributed by atoms with E-state index in [1.807, 2.05) is 6.07 Å². The maximum Gasteiger partial charge on any atom is 0.223 e. The molecule has 1 aromatic heterocycles. The standard InChI is InChI=1S/C22H30N4O/c1-18-6-5-10-25(16-18)22(27)9-11-24-12-13-26-21(17-24)15-20(23-26)14-19-7-3-2-4-8-19/h2-4,7-8,15,18H,5-6,9-14,16-17H2,1H3/t18-/m1/s1. The first-order valence-corrected chi connectivity index (χ1v) is 10.3. The molecule has 2 aliphatic heterocycles. The van der Waals surface area contributed by atoms with Gasteiger partial charge in [0.1, 0.15) is 0 Å². The van der Waals surface area contributed by atoms with Gasteiger partial charge in [0.25, 0.3) is 0 Å². The monoisotopic (exact) mass is 366 g/mol. The van der Waals surface area contributed by atoms with Gasteiger partial charge in [0.2, 0.25) is 5.91 Å². The first kappa shape index (κ1) is 18.2. The zero-order valence-electron chi connectivity index (χ0n) is 16.3. The van der Waals surface area contributed by atoms with Gasteiger partial charge in [-0.3, -0.25) is 14.4 Å². The summed E-state index contributed by atoms with van der Waals surface area (Å²) in [6, 6.07) is 12.7. The van der Waals surface area contributed by atoms with Gasteiger partial charge in [-0.25, -0.2) is 0 Å². The van der Waals surface area contributed by atoms with E-state index in [-0.39, 0.29) is 0 Å². The summed E-state index contributed by atoms with van der Waals surface area (Å²) in [5.41, 5.74) is 3.70. The highest BCUT2D eigenvalue weighted by Gasteiger charge is 2.23. The Morgan fingerprint density at radius 1 is 1.19 bits per heavy atom. The first-order valence-electron chi connectivity index (χ1n) is 10.3. The number of aromatic nitrogens is 2. The fourth-order valence-electron chi connectivity index (χ4n) is 4.29. The van der Waals surface area contributed by atoms with Crippen molar-refractivity contribution in [3.05, 3.63) is 53.3 Å². The second-order valence-corrected chi connectivity index (χ2v) is 8.13. The molecule has 1 atom stereocenters. The number of rotatable bonds is 5. The van der Waals surface area contributed by atoms with Crippen LogP contribution in [0, 0.1) is 5.92 Å². The fourth-order valence-corrected chi connectivity index (χ4v) is 4.29. The smallest absolute Gasteiger partial charge is 0.223 e. The van der Waals surface area contributed by atoms with Crippen LogP contribution in [0.15, 0.2) is 36.4 Å². The Bertz CT molecular complexity index is 770. The van der Waals surface area contributed by atoms with Gasteiger partial charge >= 0.3 is 0 Å². The van der Waals surface area contributed by atoms with Crippen molar-refractivity contribution < 1.29 is 4.79 Å². The molecule has 5 nitrogen and oxygen atoms in total. The number of amides is 1. The van der Waals surface area contributed by atoms with E-state index in [0.29, 0.717) is 18.2 Å². The van der Waals surface area contributed by atoms with E-state index in [9.17, 15) is 4.79 Å². The molecule has 3 heterocycles. The summed E-state index contributed by atoms with van der Waals surface area (Å²) in [5.74, 6) is 0.973. The van der Waals surface area contributed by atoms with Crippen molar-refractivity contribution in [1.29, 1.82) is 0 Å². The summed E-state index contributed by atoms with van der Waals surface area (Å²) in [6.45, 7) is 7.77. The second-order valence-electron chi connectivity index (χ2n) is 8.13. The first-order chi connectivity index (χ1) is 13.2. The SMILES string of the molecule is C[C@@H]1CCCN(C(=O)CCN2CCn3nc(Cc4ccccc4)cc3C2)C1. The molecule has 5 heteroatoms. The van der Waals surface area contributed by atoms with Crippen molar-refractivity contribution in [1.82, 2.24) is 19.6 Å². The predicted octanol–water partition coefficient (Wildman–Crippen LogP) is 2.94. The topological polar surface area (TPSA) is 41.4 Å². The predicted molar refractivity (Wildman–Crippen MR) is 106 cm³/mol. The van der Waals surface area contributed by atoms with Crippen molar-refractivity contribution in [2.75, 3.05) is 26.2 Å². The van der Waals surface area contributed by atoms with Crippen molar-refractivity contribution in [3.8, 4) is 0 Å². The molecule has 144 valence electrons. The molecule has 1 aromatic carbocycles. The van der Waals surface area contributed by atoms with Crippen LogP contribution in [0.5, 0.6) is 0 Å². The van der Waals surface area contributed by atoms with Crippen LogP contribution in [0.3, 0.4) is 0 Å². The zero-order valence-corrected chi connectivity index (χ0v) is 16.3. The van der Waals surface area contributed by atoms with Gasteiger partial charge in [-0.1, -0.05) is 37.3 Å². The molecule has 1 amide bonds. The lowest BCUT2D eigenvalue weighted by atomic mass is 10.00. The van der Waals surface area contributed by atoms with Gasteiger partial charge in [0, 0.05) is 45.6 Å². The molecular weight excluding hydrogens is 336 g/mol. The van der Waals surface area contributed by atoms with Crippen LogP contribution in [0.25, 0.3) is 0 Å². The number of likely N-dealkylation sites (tertiary alicyclic amines) is 1. The summed E-state index contributed by atoms with van der Waals surface area (Å²) < 4.78 is 2.14. The minimum Gasteiger partial charge on any atom is -0.342 e. The summed E-state index contributed by atoms with van der Waals surface area (Å²) >= 11 is 0. The lowest BCUT2D eigenvalue weighted by molar-refractivity contribution is -0.133. The lowest BCUT2D eigenvalue weighted by Crippen LogP contribution is -2.41. The average molecular weight is 367 g/mol. The summed E-state index contributed by atoms with van der Waals surface area (Å²) in [4.78, 5) is 17.0. The van der Waals surface area contributed by atoms with Gasteiger partial charge in [-0.05, 0) is 30.4 Å². The van der Waals surface area contributed by atoms with E-state index in [1.165, 1.54) is 17.7 Å². The van der Waals surface area contributed by atoms with Crippen molar-refractivity contribution in [2.45, 2.75) is 45.7 Å². The molecule has 2 aliphatic rings. The molecule has 0 bridgehead atoms. The zero-order chi connectivity index (χ0) is 18.6. The van der Waals surface area contributed by atoms with Crippen molar-refractivity contribution >= 4 is 5.91 Å². The van der Waals surface area contributed by atoms with Crippen molar-refractivity contribution in [2.24, 2.45) is 5.92 Å². The molecule has 4 rings (SSSR count). The Morgan fingerprint density at radius 3 is 2.85 bits per heavy atom. The third-order valence-corrected chi connectivity index (χ3v) is 5.81. The molecule has 27 heavy (non-hydrogen) atoms. The summed E-state index contributed by atoms with van der Waals surface area (Å²) in [6.07, 6.45) is 3.93. The largest absolute Gasteiger partial charge is 0.342 e. The molecule has 0 unspecified atom stereocenters. The maximum atomic E-state index is 12.5. The summed E-state index contributed by atoms with van der Waals surface area (Å²) in [5, 5.41) is 4.77. The number of benzene rings is 1. The van der Waals surface area contributed by atoms with Crippen LogP contribution in [-0.2, 0) is 24.3 Å².